The highest BCUT2D eigenvalue weighted by Crippen LogP contribution is 2.31. The number of likely N-dealkylation sites (N-methyl/N-ethyl adjacent to an activating group) is 1. The normalized spacial score (nSPS) is 11.8. The van der Waals surface area contributed by atoms with Gasteiger partial charge in [0.2, 0.25) is 5.91 Å². The smallest absolute Gasteiger partial charge is 0.315 e. The molecule has 36 heavy (non-hydrogen) atoms. The van der Waals surface area contributed by atoms with Crippen LogP contribution in [0.5, 0.6) is 0 Å². The Hall–Kier alpha value is -3.89. The number of alkyl halides is 3. The van der Waals surface area contributed by atoms with Gasteiger partial charge in [-0.25, -0.2) is 13.9 Å². The molecule has 0 radical (unpaired) electrons. The number of carbonyl (C=O) groups excluding carboxylic acids is 2. The molecule has 0 atom stereocenters. The largest absolute Gasteiger partial charge is 0.416 e. The number of hydrogen-bond donors (Lipinski definition) is 2. The Morgan fingerprint density at radius 1 is 1.00 bits per heavy atom. The summed E-state index contributed by atoms with van der Waals surface area (Å²) in [4.78, 5) is 26.6. The Kier molecular flexibility index (Phi) is 7.71. The third kappa shape index (κ3) is 6.61. The van der Waals surface area contributed by atoms with Crippen molar-refractivity contribution < 1.29 is 27.2 Å². The number of aromatic nitrogens is 2. The fourth-order valence-electron chi connectivity index (χ4n) is 3.27. The Bertz CT molecular complexity index is 1230. The predicted octanol–water partition coefficient (Wildman–Crippen LogP) is 5.82. The minimum Gasteiger partial charge on any atom is -0.315 e. The van der Waals surface area contributed by atoms with Crippen molar-refractivity contribution in [3.63, 3.8) is 0 Å². The Morgan fingerprint density at radius 3 is 2.25 bits per heavy atom. The van der Waals surface area contributed by atoms with Gasteiger partial charge in [-0.2, -0.15) is 18.3 Å². The molecule has 0 fully saturated rings. The highest BCUT2D eigenvalue weighted by molar-refractivity contribution is 5.96. The molecule has 0 unspecified atom stereocenters. The van der Waals surface area contributed by atoms with Crippen LogP contribution in [0.4, 0.5) is 33.9 Å². The molecule has 1 heterocycles. The van der Waals surface area contributed by atoms with Crippen LogP contribution in [-0.2, 0) is 16.4 Å². The summed E-state index contributed by atoms with van der Waals surface area (Å²) < 4.78 is 53.7. The molecule has 3 rings (SSSR count). The zero-order chi connectivity index (χ0) is 26.7. The van der Waals surface area contributed by atoms with Crippen LogP contribution < -0.4 is 10.6 Å². The Morgan fingerprint density at radius 2 is 1.67 bits per heavy atom. The Balaban J connectivity index is 1.76. The summed E-state index contributed by atoms with van der Waals surface area (Å²) in [5, 5.41) is 9.67. The number of rotatable bonds is 6. The summed E-state index contributed by atoms with van der Waals surface area (Å²) in [6, 6.07) is 10.8. The average molecular weight is 506 g/mol. The molecule has 3 aromatic rings. The first kappa shape index (κ1) is 26.7. The second kappa shape index (κ2) is 10.4. The molecule has 2 N–H and O–H groups in total. The molecule has 11 heteroatoms. The molecule has 0 saturated carbocycles. The van der Waals surface area contributed by atoms with Crippen molar-refractivity contribution in [3.8, 4) is 5.69 Å². The van der Waals surface area contributed by atoms with Crippen LogP contribution in [0.25, 0.3) is 5.69 Å². The van der Waals surface area contributed by atoms with E-state index in [1.54, 1.807) is 13.0 Å². The van der Waals surface area contributed by atoms with Gasteiger partial charge in [-0.15, -0.1) is 0 Å². The topological polar surface area (TPSA) is 79.3 Å². The number of amides is 3. The molecule has 2 aromatic carbocycles. The maximum absolute atomic E-state index is 13.4. The van der Waals surface area contributed by atoms with Gasteiger partial charge < -0.3 is 15.5 Å². The lowest BCUT2D eigenvalue weighted by Gasteiger charge is -2.21. The quantitative estimate of drug-likeness (QED) is 0.415. The van der Waals surface area contributed by atoms with Crippen molar-refractivity contribution >= 4 is 23.4 Å². The third-order valence-electron chi connectivity index (χ3n) is 5.26. The summed E-state index contributed by atoms with van der Waals surface area (Å²) in [5.74, 6) is -0.636. The number of halogens is 4. The van der Waals surface area contributed by atoms with E-state index in [4.69, 9.17) is 0 Å². The van der Waals surface area contributed by atoms with Crippen LogP contribution in [0.15, 0.2) is 54.6 Å². The zero-order valence-corrected chi connectivity index (χ0v) is 20.3. The van der Waals surface area contributed by atoms with E-state index in [1.807, 2.05) is 20.8 Å². The minimum atomic E-state index is -4.55. The predicted molar refractivity (Wildman–Crippen MR) is 129 cm³/mol. The van der Waals surface area contributed by atoms with Gasteiger partial charge in [0.15, 0.2) is 0 Å². The van der Waals surface area contributed by atoms with Crippen molar-refractivity contribution in [2.24, 2.45) is 0 Å². The lowest BCUT2D eigenvalue weighted by Crippen LogP contribution is -2.40. The van der Waals surface area contributed by atoms with Gasteiger partial charge in [0, 0.05) is 23.7 Å². The number of nitrogens with zero attached hydrogens (tertiary/aromatic N) is 3. The highest BCUT2D eigenvalue weighted by atomic mass is 19.4. The van der Waals surface area contributed by atoms with Crippen LogP contribution in [-0.4, -0.2) is 39.7 Å². The molecule has 0 aliphatic rings. The SMILES string of the molecule is CCN(CC(=O)Nc1cc(C(C)(C)C)nn1-c1ccc(F)cc1)C(=O)Nc1cccc(C(F)(F)F)c1. The summed E-state index contributed by atoms with van der Waals surface area (Å²) >= 11 is 0. The van der Waals surface area contributed by atoms with Gasteiger partial charge in [-0.05, 0) is 49.4 Å². The van der Waals surface area contributed by atoms with Crippen LogP contribution in [0.2, 0.25) is 0 Å². The number of anilines is 2. The lowest BCUT2D eigenvalue weighted by atomic mass is 9.92. The molecule has 0 spiro atoms. The van der Waals surface area contributed by atoms with Gasteiger partial charge >= 0.3 is 12.2 Å². The average Bonchev–Trinajstić information content (AvgIpc) is 3.21. The number of benzene rings is 2. The third-order valence-corrected chi connectivity index (χ3v) is 5.26. The van der Waals surface area contributed by atoms with E-state index in [2.05, 4.69) is 15.7 Å². The van der Waals surface area contributed by atoms with E-state index in [-0.39, 0.29) is 24.2 Å². The van der Waals surface area contributed by atoms with Gasteiger partial charge in [0.05, 0.1) is 16.9 Å². The maximum Gasteiger partial charge on any atom is 0.416 e. The zero-order valence-electron chi connectivity index (χ0n) is 20.3. The van der Waals surface area contributed by atoms with Gasteiger partial charge in [0.25, 0.3) is 0 Å². The van der Waals surface area contributed by atoms with E-state index in [9.17, 15) is 27.2 Å². The van der Waals surface area contributed by atoms with E-state index in [1.165, 1.54) is 41.1 Å². The minimum absolute atomic E-state index is 0.0436. The van der Waals surface area contributed by atoms with Crippen molar-refractivity contribution in [2.45, 2.75) is 39.3 Å². The monoisotopic (exact) mass is 505 g/mol. The summed E-state index contributed by atoms with van der Waals surface area (Å²) in [7, 11) is 0. The van der Waals surface area contributed by atoms with E-state index < -0.39 is 29.5 Å². The second-order valence-corrected chi connectivity index (χ2v) is 9.12. The molecular weight excluding hydrogens is 478 g/mol. The summed E-state index contributed by atoms with van der Waals surface area (Å²) in [5.41, 5.74) is -0.0818. The van der Waals surface area contributed by atoms with E-state index in [0.717, 1.165) is 17.0 Å². The molecular formula is C25H27F4N5O2. The van der Waals surface area contributed by atoms with Crippen molar-refractivity contribution in [1.29, 1.82) is 0 Å². The highest BCUT2D eigenvalue weighted by Gasteiger charge is 2.30. The second-order valence-electron chi connectivity index (χ2n) is 9.12. The van der Waals surface area contributed by atoms with Crippen molar-refractivity contribution in [3.05, 3.63) is 71.7 Å². The van der Waals surface area contributed by atoms with E-state index in [0.29, 0.717) is 17.2 Å². The molecule has 0 bridgehead atoms. The van der Waals surface area contributed by atoms with Crippen LogP contribution in [0, 0.1) is 5.82 Å². The van der Waals surface area contributed by atoms with Crippen LogP contribution >= 0.6 is 0 Å². The molecule has 0 aliphatic heterocycles. The van der Waals surface area contributed by atoms with E-state index >= 15 is 0 Å². The lowest BCUT2D eigenvalue weighted by molar-refractivity contribution is -0.137. The number of nitrogens with one attached hydrogen (secondary N) is 2. The van der Waals surface area contributed by atoms with Crippen molar-refractivity contribution in [1.82, 2.24) is 14.7 Å². The first-order valence-electron chi connectivity index (χ1n) is 11.2. The first-order valence-corrected chi connectivity index (χ1v) is 11.2. The van der Waals surface area contributed by atoms with Crippen LogP contribution in [0.1, 0.15) is 39.0 Å². The van der Waals surface area contributed by atoms with Gasteiger partial charge in [0.1, 0.15) is 18.2 Å². The molecule has 0 aliphatic carbocycles. The molecule has 3 amide bonds. The molecule has 0 saturated heterocycles. The fourth-order valence-corrected chi connectivity index (χ4v) is 3.27. The van der Waals surface area contributed by atoms with Crippen LogP contribution in [0.3, 0.4) is 0 Å². The standard InChI is InChI=1S/C25H27F4N5O2/c1-5-33(23(36)30-18-8-6-7-16(13-18)25(27,28)29)15-22(35)31-21-14-20(24(2,3)4)32-34(21)19-11-9-17(26)10-12-19/h6-14H,5,15H2,1-4H3,(H,30,36)(H,31,35). The Labute approximate surface area is 206 Å². The van der Waals surface area contributed by atoms with Gasteiger partial charge in [-0.3, -0.25) is 4.79 Å². The first-order chi connectivity index (χ1) is 16.8. The summed E-state index contributed by atoms with van der Waals surface area (Å²) in [6.07, 6.45) is -4.55. The van der Waals surface area contributed by atoms with Crippen molar-refractivity contribution in [2.75, 3.05) is 23.7 Å². The number of hydrogen-bond acceptors (Lipinski definition) is 3. The molecule has 1 aromatic heterocycles. The number of carbonyl (C=O) groups is 2. The fraction of sp³-hybridized carbons (Fsp3) is 0.320. The maximum atomic E-state index is 13.4. The van der Waals surface area contributed by atoms with Gasteiger partial charge in [-0.1, -0.05) is 26.8 Å². The molecule has 7 nitrogen and oxygen atoms in total. The summed E-state index contributed by atoms with van der Waals surface area (Å²) in [6.45, 7) is 7.26. The molecule has 192 valence electrons. The number of urea groups is 1.